The van der Waals surface area contributed by atoms with Gasteiger partial charge in [0.05, 0.1) is 6.42 Å². The maximum atomic E-state index is 11.7. The van der Waals surface area contributed by atoms with Crippen molar-refractivity contribution in [2.45, 2.75) is 25.8 Å². The Morgan fingerprint density at radius 2 is 1.94 bits per heavy atom. The van der Waals surface area contributed by atoms with Crippen LogP contribution in [0.25, 0.3) is 0 Å². The summed E-state index contributed by atoms with van der Waals surface area (Å²) >= 11 is 2.15. The number of hydrogen-bond donors (Lipinski definition) is 2. The fourth-order valence-corrected chi connectivity index (χ4v) is 1.84. The molecule has 0 atom stereocenters. The van der Waals surface area contributed by atoms with Gasteiger partial charge in [-0.15, -0.1) is 0 Å². The lowest BCUT2D eigenvalue weighted by molar-refractivity contribution is -0.145. The fraction of sp³-hybridized carbons (Fsp3) is 0.333. The van der Waals surface area contributed by atoms with Crippen LogP contribution in [0.5, 0.6) is 0 Å². The predicted octanol–water partition coefficient (Wildman–Crippen LogP) is 1.81. The molecular weight excluding hydrogens is 333 g/mol. The zero-order chi connectivity index (χ0) is 13.1. The average molecular weight is 347 g/mol. The van der Waals surface area contributed by atoms with Crippen LogP contribution in [0, 0.1) is 3.57 Å². The van der Waals surface area contributed by atoms with E-state index in [0.717, 1.165) is 9.13 Å². The average Bonchev–Trinajstić information content (AvgIpc) is 2.20. The van der Waals surface area contributed by atoms with Crippen molar-refractivity contribution >= 4 is 34.5 Å². The smallest absolute Gasteiger partial charge is 0.328 e. The quantitative estimate of drug-likeness (QED) is 0.817. The monoisotopic (exact) mass is 347 g/mol. The lowest BCUT2D eigenvalue weighted by Crippen LogP contribution is -2.50. The number of hydrogen-bond acceptors (Lipinski definition) is 2. The Balaban J connectivity index is 2.69. The second kappa shape index (κ2) is 5.48. The van der Waals surface area contributed by atoms with E-state index in [4.69, 9.17) is 5.11 Å². The number of aliphatic carboxylic acids is 1. The summed E-state index contributed by atoms with van der Waals surface area (Å²) in [7, 11) is 0. The van der Waals surface area contributed by atoms with Crippen molar-refractivity contribution in [3.8, 4) is 0 Å². The van der Waals surface area contributed by atoms with E-state index < -0.39 is 11.5 Å². The normalized spacial score (nSPS) is 11.0. The first kappa shape index (κ1) is 14.0. The molecule has 2 N–H and O–H groups in total. The highest BCUT2D eigenvalue weighted by atomic mass is 127. The molecule has 0 aliphatic carbocycles. The molecule has 0 bridgehead atoms. The van der Waals surface area contributed by atoms with Gasteiger partial charge in [-0.1, -0.05) is 18.2 Å². The van der Waals surface area contributed by atoms with Crippen molar-refractivity contribution in [2.24, 2.45) is 0 Å². The number of nitrogens with one attached hydrogen (secondary N) is 1. The lowest BCUT2D eigenvalue weighted by atomic mass is 10.1. The van der Waals surface area contributed by atoms with E-state index in [1.807, 2.05) is 24.3 Å². The number of carboxylic acid groups (broad SMARTS) is 1. The van der Waals surface area contributed by atoms with Crippen LogP contribution in [-0.4, -0.2) is 22.5 Å². The first-order chi connectivity index (χ1) is 7.83. The molecule has 4 nitrogen and oxygen atoms in total. The first-order valence-corrected chi connectivity index (χ1v) is 6.18. The molecule has 0 saturated carbocycles. The van der Waals surface area contributed by atoms with Crippen LogP contribution in [-0.2, 0) is 16.0 Å². The number of amides is 1. The van der Waals surface area contributed by atoms with Crippen LogP contribution in [0.15, 0.2) is 24.3 Å². The zero-order valence-electron chi connectivity index (χ0n) is 9.66. The fourth-order valence-electron chi connectivity index (χ4n) is 1.26. The Bertz CT molecular complexity index is 443. The van der Waals surface area contributed by atoms with Gasteiger partial charge in [-0.2, -0.15) is 0 Å². The van der Waals surface area contributed by atoms with Gasteiger partial charge in [0.15, 0.2) is 0 Å². The van der Waals surface area contributed by atoms with E-state index in [2.05, 4.69) is 27.9 Å². The number of benzene rings is 1. The number of carbonyl (C=O) groups excluding carboxylic acids is 1. The van der Waals surface area contributed by atoms with Crippen LogP contribution >= 0.6 is 22.6 Å². The molecule has 0 aliphatic heterocycles. The summed E-state index contributed by atoms with van der Waals surface area (Å²) in [5.74, 6) is -1.34. The van der Waals surface area contributed by atoms with Crippen LogP contribution < -0.4 is 5.32 Å². The van der Waals surface area contributed by atoms with E-state index in [9.17, 15) is 9.59 Å². The highest BCUT2D eigenvalue weighted by molar-refractivity contribution is 14.1. The lowest BCUT2D eigenvalue weighted by Gasteiger charge is -2.21. The van der Waals surface area contributed by atoms with Gasteiger partial charge in [0.2, 0.25) is 5.91 Å². The SMILES string of the molecule is CC(C)(NC(=O)Cc1ccccc1I)C(=O)O. The maximum Gasteiger partial charge on any atom is 0.328 e. The van der Waals surface area contributed by atoms with Gasteiger partial charge in [0, 0.05) is 3.57 Å². The molecule has 0 aliphatic rings. The number of rotatable bonds is 4. The van der Waals surface area contributed by atoms with E-state index in [1.165, 1.54) is 13.8 Å². The Morgan fingerprint density at radius 1 is 1.35 bits per heavy atom. The second-order valence-electron chi connectivity index (χ2n) is 4.25. The molecule has 1 amide bonds. The molecule has 5 heteroatoms. The van der Waals surface area contributed by atoms with Crippen molar-refractivity contribution in [1.29, 1.82) is 0 Å². The minimum absolute atomic E-state index is 0.190. The first-order valence-electron chi connectivity index (χ1n) is 5.11. The second-order valence-corrected chi connectivity index (χ2v) is 5.41. The largest absolute Gasteiger partial charge is 0.480 e. The van der Waals surface area contributed by atoms with Gasteiger partial charge in [0.25, 0.3) is 0 Å². The van der Waals surface area contributed by atoms with Crippen LogP contribution in [0.1, 0.15) is 19.4 Å². The molecule has 0 fully saturated rings. The molecule has 0 saturated heterocycles. The Hall–Kier alpha value is -1.11. The van der Waals surface area contributed by atoms with Gasteiger partial charge in [-0.05, 0) is 48.1 Å². The van der Waals surface area contributed by atoms with Crippen LogP contribution in [0.3, 0.4) is 0 Å². The zero-order valence-corrected chi connectivity index (χ0v) is 11.8. The van der Waals surface area contributed by atoms with Crippen molar-refractivity contribution in [3.05, 3.63) is 33.4 Å². The summed E-state index contributed by atoms with van der Waals surface area (Å²) in [6, 6.07) is 7.51. The van der Waals surface area contributed by atoms with Gasteiger partial charge in [-0.25, -0.2) is 4.79 Å². The summed E-state index contributed by atoms with van der Waals surface area (Å²) < 4.78 is 0.994. The predicted molar refractivity (Wildman–Crippen MR) is 72.7 cm³/mol. The maximum absolute atomic E-state index is 11.7. The van der Waals surface area contributed by atoms with Crippen LogP contribution in [0.2, 0.25) is 0 Å². The van der Waals surface area contributed by atoms with Gasteiger partial charge in [0.1, 0.15) is 5.54 Å². The molecule has 92 valence electrons. The van der Waals surface area contributed by atoms with Crippen LogP contribution in [0.4, 0.5) is 0 Å². The molecule has 0 aromatic heterocycles. The molecule has 0 unspecified atom stereocenters. The summed E-state index contributed by atoms with van der Waals surface area (Å²) in [6.07, 6.45) is 0.190. The highest BCUT2D eigenvalue weighted by Gasteiger charge is 2.28. The van der Waals surface area contributed by atoms with E-state index in [1.54, 1.807) is 0 Å². The van der Waals surface area contributed by atoms with Crippen molar-refractivity contribution in [2.75, 3.05) is 0 Å². The van der Waals surface area contributed by atoms with Crippen molar-refractivity contribution < 1.29 is 14.7 Å². The summed E-state index contributed by atoms with van der Waals surface area (Å²) in [5.41, 5.74) is -0.344. The van der Waals surface area contributed by atoms with Gasteiger partial charge in [-0.3, -0.25) is 4.79 Å². The third-order valence-electron chi connectivity index (χ3n) is 2.30. The molecule has 1 aromatic rings. The Labute approximate surface area is 114 Å². The Morgan fingerprint density at radius 3 is 2.47 bits per heavy atom. The number of carboxylic acids is 1. The van der Waals surface area contributed by atoms with E-state index >= 15 is 0 Å². The molecular formula is C12H14INO3. The van der Waals surface area contributed by atoms with E-state index in [-0.39, 0.29) is 12.3 Å². The number of carbonyl (C=O) groups is 2. The Kier molecular flexibility index (Phi) is 4.50. The molecule has 0 heterocycles. The topological polar surface area (TPSA) is 66.4 Å². The molecule has 1 rings (SSSR count). The van der Waals surface area contributed by atoms with Crippen molar-refractivity contribution in [1.82, 2.24) is 5.32 Å². The van der Waals surface area contributed by atoms with Gasteiger partial charge >= 0.3 is 5.97 Å². The summed E-state index contributed by atoms with van der Waals surface area (Å²) in [4.78, 5) is 22.6. The minimum atomic E-state index is -1.24. The third kappa shape index (κ3) is 3.99. The van der Waals surface area contributed by atoms with Crippen molar-refractivity contribution in [3.63, 3.8) is 0 Å². The minimum Gasteiger partial charge on any atom is -0.480 e. The number of halogens is 1. The van der Waals surface area contributed by atoms with Gasteiger partial charge < -0.3 is 10.4 Å². The standard InChI is InChI=1S/C12H14INO3/c1-12(2,11(16)17)14-10(15)7-8-5-3-4-6-9(8)13/h3-6H,7H2,1-2H3,(H,14,15)(H,16,17). The molecule has 0 radical (unpaired) electrons. The molecule has 0 spiro atoms. The van der Waals surface area contributed by atoms with E-state index in [0.29, 0.717) is 0 Å². The summed E-state index contributed by atoms with van der Waals surface area (Å²) in [5, 5.41) is 11.4. The molecule has 1 aromatic carbocycles. The highest BCUT2D eigenvalue weighted by Crippen LogP contribution is 2.12. The summed E-state index contributed by atoms with van der Waals surface area (Å²) in [6.45, 7) is 2.92. The molecule has 17 heavy (non-hydrogen) atoms. The third-order valence-corrected chi connectivity index (χ3v) is 3.35.